The number of H-pyrrole nitrogens is 1. The smallest absolute Gasteiger partial charge is 0.277 e. The van der Waals surface area contributed by atoms with Crippen molar-refractivity contribution in [3.63, 3.8) is 0 Å². The standard InChI is InChI=1S/C25H36N6O4S/c1-5-8-20-22-23(31(4)29-20)25(32)28-24(27-22)19-16-18(10-11-21(19)35-15-6-2)36(33,34)26-13-12-17-9-7-14-30(17)3/h10-11,16-17,26H,5-9,12-15H2,1-4H3,(H,27,28,32)/i4D3,8D2,13D2. The van der Waals surface area contributed by atoms with Gasteiger partial charge in [-0.15, -0.1) is 0 Å². The van der Waals surface area contributed by atoms with E-state index in [1.54, 1.807) is 0 Å². The maximum Gasteiger partial charge on any atom is 0.277 e. The van der Waals surface area contributed by atoms with Crippen LogP contribution in [0.3, 0.4) is 0 Å². The number of hydrogen-bond donors (Lipinski definition) is 2. The molecule has 1 fully saturated rings. The van der Waals surface area contributed by atoms with Gasteiger partial charge in [-0.3, -0.25) is 9.48 Å². The van der Waals surface area contributed by atoms with Gasteiger partial charge < -0.3 is 14.6 Å². The number of sulfonamides is 1. The molecule has 1 unspecified atom stereocenters. The number of aryl methyl sites for hydroxylation is 2. The third-order valence-electron chi connectivity index (χ3n) is 6.07. The van der Waals surface area contributed by atoms with Crippen molar-refractivity contribution in [1.29, 1.82) is 0 Å². The second-order valence-corrected chi connectivity index (χ2v) is 10.4. The van der Waals surface area contributed by atoms with Crippen molar-refractivity contribution in [3.8, 4) is 17.1 Å². The summed E-state index contributed by atoms with van der Waals surface area (Å²) in [6.07, 6.45) is -0.0199. The molecule has 2 aromatic heterocycles. The Morgan fingerprint density at radius 1 is 1.33 bits per heavy atom. The number of nitrogens with one attached hydrogen (secondary N) is 2. The van der Waals surface area contributed by atoms with Gasteiger partial charge in [-0.25, -0.2) is 18.1 Å². The average molecular weight is 524 g/mol. The van der Waals surface area contributed by atoms with Gasteiger partial charge >= 0.3 is 0 Å². The summed E-state index contributed by atoms with van der Waals surface area (Å²) >= 11 is 0. The zero-order chi connectivity index (χ0) is 32.0. The first kappa shape index (κ1) is 18.5. The predicted molar refractivity (Wildman–Crippen MR) is 140 cm³/mol. The molecule has 1 aliphatic rings. The topological polar surface area (TPSA) is 122 Å². The molecule has 36 heavy (non-hydrogen) atoms. The van der Waals surface area contributed by atoms with Gasteiger partial charge in [-0.1, -0.05) is 20.3 Å². The van der Waals surface area contributed by atoms with E-state index < -0.39 is 40.9 Å². The minimum absolute atomic E-state index is 0.0241. The van der Waals surface area contributed by atoms with Crippen LogP contribution in [-0.4, -0.2) is 65.8 Å². The number of aromatic nitrogens is 4. The largest absolute Gasteiger partial charge is 0.493 e. The molecule has 0 bridgehead atoms. The van der Waals surface area contributed by atoms with Gasteiger partial charge in [0.25, 0.3) is 5.56 Å². The fourth-order valence-corrected chi connectivity index (χ4v) is 5.10. The zero-order valence-corrected chi connectivity index (χ0v) is 21.4. The molecule has 3 aromatic rings. The lowest BCUT2D eigenvalue weighted by atomic mass is 10.1. The monoisotopic (exact) mass is 523 g/mol. The van der Waals surface area contributed by atoms with E-state index in [0.717, 1.165) is 19.4 Å². The number of ether oxygens (including phenoxy) is 1. The first-order valence-electron chi connectivity index (χ1n) is 15.5. The van der Waals surface area contributed by atoms with Crippen molar-refractivity contribution in [2.75, 3.05) is 26.7 Å². The van der Waals surface area contributed by atoms with Crippen LogP contribution >= 0.6 is 0 Å². The number of rotatable bonds is 11. The van der Waals surface area contributed by atoms with E-state index in [-0.39, 0.29) is 58.7 Å². The number of aromatic amines is 1. The highest BCUT2D eigenvalue weighted by molar-refractivity contribution is 7.89. The summed E-state index contributed by atoms with van der Waals surface area (Å²) in [7, 11) is -2.55. The second-order valence-electron chi connectivity index (χ2n) is 8.67. The molecule has 0 aliphatic carbocycles. The first-order valence-corrected chi connectivity index (χ1v) is 13.4. The van der Waals surface area contributed by atoms with Gasteiger partial charge in [-0.2, -0.15) is 5.10 Å². The normalized spacial score (nSPS) is 20.8. The third kappa shape index (κ3) is 5.47. The highest BCUT2D eigenvalue weighted by Crippen LogP contribution is 2.31. The van der Waals surface area contributed by atoms with Gasteiger partial charge in [0, 0.05) is 29.1 Å². The maximum absolute atomic E-state index is 13.4. The first-order chi connectivity index (χ1) is 19.9. The number of benzene rings is 1. The van der Waals surface area contributed by atoms with E-state index in [9.17, 15) is 13.2 Å². The summed E-state index contributed by atoms with van der Waals surface area (Å²) in [5.41, 5.74) is -1.99. The third-order valence-corrected chi connectivity index (χ3v) is 7.36. The van der Waals surface area contributed by atoms with E-state index in [2.05, 4.69) is 19.8 Å². The minimum Gasteiger partial charge on any atom is -0.493 e. The molecule has 0 saturated carbocycles. The Morgan fingerprint density at radius 3 is 2.86 bits per heavy atom. The van der Waals surface area contributed by atoms with E-state index in [4.69, 9.17) is 14.3 Å². The summed E-state index contributed by atoms with van der Waals surface area (Å²) < 4.78 is 92.2. The molecule has 2 N–H and O–H groups in total. The summed E-state index contributed by atoms with van der Waals surface area (Å²) in [6, 6.07) is 3.67. The van der Waals surface area contributed by atoms with E-state index in [1.807, 2.05) is 18.9 Å². The summed E-state index contributed by atoms with van der Waals surface area (Å²) in [4.78, 5) is 21.9. The lowest BCUT2D eigenvalue weighted by molar-refractivity contribution is 0.297. The van der Waals surface area contributed by atoms with E-state index >= 15 is 0 Å². The fraction of sp³-hybridized carbons (Fsp3) is 0.560. The molecule has 10 nitrogen and oxygen atoms in total. The highest BCUT2D eigenvalue weighted by atomic mass is 32.2. The molecule has 11 heteroatoms. The summed E-state index contributed by atoms with van der Waals surface area (Å²) in [5.74, 6) is -0.0448. The fourth-order valence-electron chi connectivity index (χ4n) is 4.19. The number of fused-ring (bicyclic) bond motifs is 1. The van der Waals surface area contributed by atoms with Crippen LogP contribution < -0.4 is 15.0 Å². The minimum atomic E-state index is -4.42. The highest BCUT2D eigenvalue weighted by Gasteiger charge is 2.23. The molecule has 1 saturated heterocycles. The summed E-state index contributed by atoms with van der Waals surface area (Å²) in [5, 5.41) is 3.93. The SMILES string of the molecule is [2H]C([2H])(CC1CCCN1C)NS(=O)(=O)c1ccc(OCCC)c(-c2nc3c(C([2H])([2H])CC)nn(C([2H])([2H])[2H])c3c(=O)[nH]2)c1. The van der Waals surface area contributed by atoms with Crippen molar-refractivity contribution < 1.29 is 22.7 Å². The zero-order valence-electron chi connectivity index (χ0n) is 27.6. The molecular formula is C25H36N6O4S. The summed E-state index contributed by atoms with van der Waals surface area (Å²) in [6.45, 7) is -0.718. The van der Waals surface area contributed by atoms with Crippen LogP contribution in [0.2, 0.25) is 0 Å². The maximum atomic E-state index is 13.4. The van der Waals surface area contributed by atoms with Gasteiger partial charge in [-0.05, 0) is 63.8 Å². The molecule has 1 aromatic carbocycles. The molecule has 1 atom stereocenters. The van der Waals surface area contributed by atoms with Crippen LogP contribution in [0.1, 0.15) is 61.2 Å². The van der Waals surface area contributed by atoms with Crippen molar-refractivity contribution in [1.82, 2.24) is 29.4 Å². The van der Waals surface area contributed by atoms with Crippen molar-refractivity contribution in [3.05, 3.63) is 34.2 Å². The number of nitrogens with zero attached hydrogens (tertiary/aromatic N) is 4. The molecule has 0 spiro atoms. The van der Waals surface area contributed by atoms with Crippen LogP contribution in [0.25, 0.3) is 22.4 Å². The molecule has 0 amide bonds. The van der Waals surface area contributed by atoms with Crippen LogP contribution in [0.4, 0.5) is 0 Å². The Hall–Kier alpha value is -2.76. The van der Waals surface area contributed by atoms with Crippen LogP contribution in [-0.2, 0) is 23.4 Å². The number of hydrogen-bond acceptors (Lipinski definition) is 7. The second kappa shape index (κ2) is 11.1. The Morgan fingerprint density at radius 2 is 2.17 bits per heavy atom. The van der Waals surface area contributed by atoms with Crippen molar-refractivity contribution in [2.24, 2.45) is 6.98 Å². The Labute approximate surface area is 222 Å². The van der Waals surface area contributed by atoms with Gasteiger partial charge in [0.1, 0.15) is 17.1 Å². The Kier molecular flexibility index (Phi) is 5.70. The van der Waals surface area contributed by atoms with E-state index in [0.29, 0.717) is 11.1 Å². The van der Waals surface area contributed by atoms with Gasteiger partial charge in [0.05, 0.1) is 22.8 Å². The molecule has 4 rings (SSSR count). The lowest BCUT2D eigenvalue weighted by Crippen LogP contribution is -2.31. The van der Waals surface area contributed by atoms with Crippen molar-refractivity contribution in [2.45, 2.75) is 63.3 Å². The molecule has 196 valence electrons. The van der Waals surface area contributed by atoms with Crippen LogP contribution in [0, 0.1) is 0 Å². The Balaban J connectivity index is 1.85. The molecule has 0 radical (unpaired) electrons. The van der Waals surface area contributed by atoms with Crippen LogP contribution in [0.15, 0.2) is 27.9 Å². The molecule has 3 heterocycles. The quantitative estimate of drug-likeness (QED) is 0.396. The molecular weight excluding hydrogens is 480 g/mol. The van der Waals surface area contributed by atoms with E-state index in [1.165, 1.54) is 25.1 Å². The van der Waals surface area contributed by atoms with Gasteiger partial charge in [0.15, 0.2) is 5.52 Å². The van der Waals surface area contributed by atoms with Crippen molar-refractivity contribution >= 4 is 21.1 Å². The molecule has 1 aliphatic heterocycles. The Bertz CT molecular complexity index is 1660. The number of likely N-dealkylation sites (tertiary alicyclic amines) is 1. The lowest BCUT2D eigenvalue weighted by Gasteiger charge is -2.19. The van der Waals surface area contributed by atoms with Gasteiger partial charge in [0.2, 0.25) is 10.0 Å². The van der Waals surface area contributed by atoms with Crippen LogP contribution in [0.5, 0.6) is 5.75 Å². The predicted octanol–water partition coefficient (Wildman–Crippen LogP) is 2.83. The average Bonchev–Trinajstić information content (AvgIpc) is 3.50.